The summed E-state index contributed by atoms with van der Waals surface area (Å²) >= 11 is 0. The molecule has 28 heavy (non-hydrogen) atoms. The predicted octanol–water partition coefficient (Wildman–Crippen LogP) is 2.55. The zero-order chi connectivity index (χ0) is 20.1. The van der Waals surface area contributed by atoms with Gasteiger partial charge in [-0.1, -0.05) is 29.4 Å². The number of hydrogen-bond donors (Lipinski definition) is 2. The predicted molar refractivity (Wildman–Crippen MR) is 108 cm³/mol. The molecular formula is C20H25N3O4S. The first-order chi connectivity index (χ1) is 13.4. The maximum Gasteiger partial charge on any atom is 0.233 e. The number of hydrogen-bond acceptors (Lipinski definition) is 5. The molecule has 0 amide bonds. The average Bonchev–Trinajstić information content (AvgIpc) is 2.72. The molecule has 1 fully saturated rings. The van der Waals surface area contributed by atoms with Gasteiger partial charge >= 0.3 is 0 Å². The van der Waals surface area contributed by atoms with E-state index < -0.39 is 9.84 Å². The molecule has 0 spiro atoms. The molecule has 0 radical (unpaired) electrons. The number of piperidine rings is 1. The molecular weight excluding hydrogens is 378 g/mol. The van der Waals surface area contributed by atoms with Gasteiger partial charge in [0.2, 0.25) is 5.96 Å². The molecule has 8 heteroatoms. The molecule has 2 aromatic rings. The van der Waals surface area contributed by atoms with Crippen LogP contribution in [0.2, 0.25) is 0 Å². The first-order valence-electron chi connectivity index (χ1n) is 9.12. The molecule has 0 bridgehead atoms. The molecule has 0 saturated carbocycles. The van der Waals surface area contributed by atoms with Crippen molar-refractivity contribution in [3.8, 4) is 16.9 Å². The number of rotatable bonds is 5. The summed E-state index contributed by atoms with van der Waals surface area (Å²) in [5.41, 5.74) is 7.57. The molecule has 1 heterocycles. The number of ether oxygens (including phenoxy) is 1. The highest BCUT2D eigenvalue weighted by atomic mass is 32.2. The minimum atomic E-state index is -3.19. The van der Waals surface area contributed by atoms with E-state index in [0.29, 0.717) is 17.4 Å². The Labute approximate surface area is 165 Å². The molecule has 150 valence electrons. The lowest BCUT2D eigenvalue weighted by molar-refractivity contribution is 0.177. The van der Waals surface area contributed by atoms with Crippen LogP contribution in [0.25, 0.3) is 11.1 Å². The Kier molecular flexibility index (Phi) is 6.08. The number of nitrogens with two attached hydrogens (primary N) is 1. The van der Waals surface area contributed by atoms with Crippen molar-refractivity contribution in [2.24, 2.45) is 16.8 Å². The molecule has 0 aliphatic carbocycles. The van der Waals surface area contributed by atoms with Crippen molar-refractivity contribution in [2.45, 2.75) is 17.7 Å². The molecule has 3 rings (SSSR count). The van der Waals surface area contributed by atoms with Gasteiger partial charge in [-0.25, -0.2) is 8.42 Å². The van der Waals surface area contributed by atoms with Crippen LogP contribution in [0, 0.1) is 5.92 Å². The average molecular weight is 404 g/mol. The van der Waals surface area contributed by atoms with Gasteiger partial charge in [0.05, 0.1) is 11.5 Å². The Morgan fingerprint density at radius 2 is 1.64 bits per heavy atom. The van der Waals surface area contributed by atoms with Gasteiger partial charge in [-0.05, 0) is 54.2 Å². The minimum Gasteiger partial charge on any atom is -0.493 e. The maximum absolute atomic E-state index is 11.6. The van der Waals surface area contributed by atoms with Crippen LogP contribution in [0.3, 0.4) is 0 Å². The molecule has 0 atom stereocenters. The third kappa shape index (κ3) is 4.95. The van der Waals surface area contributed by atoms with Crippen LogP contribution in [-0.4, -0.2) is 50.4 Å². The summed E-state index contributed by atoms with van der Waals surface area (Å²) < 4.78 is 29.0. The number of oxime groups is 1. The Morgan fingerprint density at radius 3 is 2.14 bits per heavy atom. The van der Waals surface area contributed by atoms with Gasteiger partial charge < -0.3 is 20.6 Å². The third-order valence-electron chi connectivity index (χ3n) is 5.00. The normalized spacial score (nSPS) is 16.2. The highest BCUT2D eigenvalue weighted by molar-refractivity contribution is 7.90. The monoisotopic (exact) mass is 403 g/mol. The fourth-order valence-corrected chi connectivity index (χ4v) is 3.87. The zero-order valence-corrected chi connectivity index (χ0v) is 16.6. The van der Waals surface area contributed by atoms with E-state index in [1.54, 1.807) is 24.3 Å². The van der Waals surface area contributed by atoms with E-state index in [4.69, 9.17) is 15.7 Å². The summed E-state index contributed by atoms with van der Waals surface area (Å²) in [4.78, 5) is 2.18. The van der Waals surface area contributed by atoms with E-state index in [9.17, 15) is 8.42 Å². The molecule has 7 nitrogen and oxygen atoms in total. The van der Waals surface area contributed by atoms with Gasteiger partial charge in [0.1, 0.15) is 5.75 Å². The molecule has 1 saturated heterocycles. The molecule has 1 aliphatic heterocycles. The fraction of sp³-hybridized carbons (Fsp3) is 0.350. The smallest absolute Gasteiger partial charge is 0.233 e. The Hall–Kier alpha value is -2.74. The first-order valence-corrected chi connectivity index (χ1v) is 11.0. The van der Waals surface area contributed by atoms with Gasteiger partial charge in [0, 0.05) is 19.3 Å². The zero-order valence-electron chi connectivity index (χ0n) is 15.8. The topological polar surface area (TPSA) is 105 Å². The van der Waals surface area contributed by atoms with E-state index in [-0.39, 0.29) is 5.96 Å². The highest BCUT2D eigenvalue weighted by Crippen LogP contribution is 2.25. The van der Waals surface area contributed by atoms with Crippen LogP contribution < -0.4 is 10.5 Å². The lowest BCUT2D eigenvalue weighted by Gasteiger charge is -2.31. The molecule has 0 unspecified atom stereocenters. The van der Waals surface area contributed by atoms with Crippen LogP contribution in [0.15, 0.2) is 58.6 Å². The van der Waals surface area contributed by atoms with Gasteiger partial charge in [-0.3, -0.25) is 0 Å². The van der Waals surface area contributed by atoms with Crippen LogP contribution in [0.4, 0.5) is 0 Å². The molecule has 1 aliphatic rings. The number of benzene rings is 2. The van der Waals surface area contributed by atoms with Crippen molar-refractivity contribution in [1.82, 2.24) is 4.90 Å². The van der Waals surface area contributed by atoms with Crippen molar-refractivity contribution in [1.29, 1.82) is 0 Å². The molecule has 2 aromatic carbocycles. The summed E-state index contributed by atoms with van der Waals surface area (Å²) in [6.45, 7) is 2.14. The number of likely N-dealkylation sites (tertiary alicyclic amines) is 1. The van der Waals surface area contributed by atoms with E-state index in [0.717, 1.165) is 42.8 Å². The van der Waals surface area contributed by atoms with E-state index in [1.807, 2.05) is 29.2 Å². The van der Waals surface area contributed by atoms with Crippen molar-refractivity contribution in [3.63, 3.8) is 0 Å². The quantitative estimate of drug-likeness (QED) is 0.344. The van der Waals surface area contributed by atoms with E-state index in [1.165, 1.54) is 6.26 Å². The summed E-state index contributed by atoms with van der Waals surface area (Å²) in [6.07, 6.45) is 3.06. The SMILES string of the molecule is CS(=O)(=O)c1ccc(-c2ccc(OCC3CCN(C(N)=NO)CC3)cc2)cc1. The largest absolute Gasteiger partial charge is 0.493 e. The summed E-state index contributed by atoms with van der Waals surface area (Å²) in [5.74, 6) is 1.40. The second-order valence-corrected chi connectivity index (χ2v) is 9.04. The minimum absolute atomic E-state index is 0.166. The summed E-state index contributed by atoms with van der Waals surface area (Å²) in [6, 6.07) is 14.6. The second kappa shape index (κ2) is 8.52. The highest BCUT2D eigenvalue weighted by Gasteiger charge is 2.21. The Bertz CT molecular complexity index is 917. The third-order valence-corrected chi connectivity index (χ3v) is 6.13. The first kappa shape index (κ1) is 20.0. The lowest BCUT2D eigenvalue weighted by Crippen LogP contribution is -2.43. The van der Waals surface area contributed by atoms with Crippen LogP contribution in [0.1, 0.15) is 12.8 Å². The van der Waals surface area contributed by atoms with Crippen LogP contribution in [-0.2, 0) is 9.84 Å². The van der Waals surface area contributed by atoms with Crippen molar-refractivity contribution < 1.29 is 18.4 Å². The number of guanidine groups is 1. The van der Waals surface area contributed by atoms with Gasteiger partial charge in [0.15, 0.2) is 9.84 Å². The van der Waals surface area contributed by atoms with Crippen LogP contribution in [0.5, 0.6) is 5.75 Å². The Balaban J connectivity index is 1.54. The van der Waals surface area contributed by atoms with Gasteiger partial charge in [-0.2, -0.15) is 0 Å². The maximum atomic E-state index is 11.6. The van der Waals surface area contributed by atoms with Crippen molar-refractivity contribution in [2.75, 3.05) is 26.0 Å². The molecule has 0 aromatic heterocycles. The van der Waals surface area contributed by atoms with E-state index in [2.05, 4.69) is 5.16 Å². The summed E-state index contributed by atoms with van der Waals surface area (Å²) in [5, 5.41) is 11.8. The van der Waals surface area contributed by atoms with Gasteiger partial charge in [-0.15, -0.1) is 0 Å². The second-order valence-electron chi connectivity index (χ2n) is 7.02. The fourth-order valence-electron chi connectivity index (χ4n) is 3.24. The van der Waals surface area contributed by atoms with Crippen molar-refractivity contribution in [3.05, 3.63) is 48.5 Å². The van der Waals surface area contributed by atoms with Crippen LogP contribution >= 0.6 is 0 Å². The van der Waals surface area contributed by atoms with Crippen molar-refractivity contribution >= 4 is 15.8 Å². The lowest BCUT2D eigenvalue weighted by atomic mass is 9.98. The standard InChI is InChI=1S/C20H25N3O4S/c1-28(25,26)19-8-4-17(5-9-19)16-2-6-18(7-3-16)27-14-15-10-12-23(13-11-15)20(21)22-24/h2-9,15,24H,10-14H2,1H3,(H2,21,22). The van der Waals surface area contributed by atoms with Gasteiger partial charge in [0.25, 0.3) is 0 Å². The Morgan fingerprint density at radius 1 is 1.11 bits per heavy atom. The number of sulfone groups is 1. The number of nitrogens with zero attached hydrogens (tertiary/aromatic N) is 2. The molecule has 3 N–H and O–H groups in total. The summed E-state index contributed by atoms with van der Waals surface area (Å²) in [7, 11) is -3.19. The van der Waals surface area contributed by atoms with E-state index >= 15 is 0 Å².